The highest BCUT2D eigenvalue weighted by Crippen LogP contribution is 2.30. The van der Waals surface area contributed by atoms with Gasteiger partial charge in [-0.25, -0.2) is 9.79 Å². The minimum Gasteiger partial charge on any atom is -0.497 e. The van der Waals surface area contributed by atoms with Crippen molar-refractivity contribution in [3.05, 3.63) is 71.9 Å². The third-order valence-corrected chi connectivity index (χ3v) is 3.81. The van der Waals surface area contributed by atoms with E-state index in [0.29, 0.717) is 29.4 Å². The SMILES string of the molecule is C=CCOc1ccc(/C=C2\N=C(c3ccc(OC)cc3)OC2=O)cc1OC. The number of aliphatic imine (C=N–C) groups is 1. The zero-order valence-electron chi connectivity index (χ0n) is 15.1. The topological polar surface area (TPSA) is 66.3 Å². The summed E-state index contributed by atoms with van der Waals surface area (Å²) in [5.74, 6) is 1.61. The zero-order chi connectivity index (χ0) is 19.2. The van der Waals surface area contributed by atoms with Crippen molar-refractivity contribution in [3.8, 4) is 17.2 Å². The second kappa shape index (κ2) is 8.23. The van der Waals surface area contributed by atoms with Gasteiger partial charge in [0, 0.05) is 5.56 Å². The van der Waals surface area contributed by atoms with Gasteiger partial charge in [0.1, 0.15) is 12.4 Å². The summed E-state index contributed by atoms with van der Waals surface area (Å²) >= 11 is 0. The Morgan fingerprint density at radius 2 is 1.85 bits per heavy atom. The molecule has 138 valence electrons. The minimum atomic E-state index is -0.508. The van der Waals surface area contributed by atoms with E-state index in [9.17, 15) is 4.79 Å². The van der Waals surface area contributed by atoms with Gasteiger partial charge in [-0.2, -0.15) is 0 Å². The molecule has 6 heteroatoms. The lowest BCUT2D eigenvalue weighted by molar-refractivity contribution is -0.129. The molecule has 0 unspecified atom stereocenters. The lowest BCUT2D eigenvalue weighted by Gasteiger charge is -2.09. The first-order valence-corrected chi connectivity index (χ1v) is 8.23. The molecule has 6 nitrogen and oxygen atoms in total. The van der Waals surface area contributed by atoms with Crippen LogP contribution in [0.1, 0.15) is 11.1 Å². The van der Waals surface area contributed by atoms with Gasteiger partial charge >= 0.3 is 5.97 Å². The average molecular weight is 365 g/mol. The number of methoxy groups -OCH3 is 2. The van der Waals surface area contributed by atoms with Crippen molar-refractivity contribution in [2.45, 2.75) is 0 Å². The van der Waals surface area contributed by atoms with Crippen LogP contribution in [0.2, 0.25) is 0 Å². The molecular formula is C21H19NO5. The lowest BCUT2D eigenvalue weighted by atomic mass is 10.1. The first-order chi connectivity index (χ1) is 13.1. The van der Waals surface area contributed by atoms with Crippen molar-refractivity contribution in [2.75, 3.05) is 20.8 Å². The van der Waals surface area contributed by atoms with Gasteiger partial charge in [-0.05, 0) is 48.0 Å². The Labute approximate surface area is 157 Å². The number of carbonyl (C=O) groups is 1. The molecule has 27 heavy (non-hydrogen) atoms. The summed E-state index contributed by atoms with van der Waals surface area (Å²) in [4.78, 5) is 16.4. The van der Waals surface area contributed by atoms with Gasteiger partial charge in [0.05, 0.1) is 14.2 Å². The molecule has 3 rings (SSSR count). The van der Waals surface area contributed by atoms with Crippen LogP contribution < -0.4 is 14.2 Å². The summed E-state index contributed by atoms with van der Waals surface area (Å²) in [6, 6.07) is 12.5. The van der Waals surface area contributed by atoms with E-state index in [4.69, 9.17) is 18.9 Å². The van der Waals surface area contributed by atoms with Crippen molar-refractivity contribution in [3.63, 3.8) is 0 Å². The molecule has 0 saturated heterocycles. The van der Waals surface area contributed by atoms with Crippen molar-refractivity contribution in [2.24, 2.45) is 4.99 Å². The quantitative estimate of drug-likeness (QED) is 0.426. The largest absolute Gasteiger partial charge is 0.497 e. The van der Waals surface area contributed by atoms with Crippen molar-refractivity contribution < 1.29 is 23.7 Å². The lowest BCUT2D eigenvalue weighted by Crippen LogP contribution is -2.05. The Hall–Kier alpha value is -3.54. The predicted molar refractivity (Wildman–Crippen MR) is 102 cm³/mol. The van der Waals surface area contributed by atoms with E-state index >= 15 is 0 Å². The van der Waals surface area contributed by atoms with E-state index in [1.54, 1.807) is 62.8 Å². The zero-order valence-corrected chi connectivity index (χ0v) is 15.1. The van der Waals surface area contributed by atoms with Gasteiger partial charge in [-0.1, -0.05) is 18.7 Å². The monoisotopic (exact) mass is 365 g/mol. The third-order valence-electron chi connectivity index (χ3n) is 3.81. The molecule has 0 spiro atoms. The fourth-order valence-electron chi connectivity index (χ4n) is 2.47. The van der Waals surface area contributed by atoms with E-state index in [-0.39, 0.29) is 11.6 Å². The van der Waals surface area contributed by atoms with Crippen molar-refractivity contribution in [1.82, 2.24) is 0 Å². The number of benzene rings is 2. The molecule has 0 atom stereocenters. The predicted octanol–water partition coefficient (Wildman–Crippen LogP) is 3.61. The maximum atomic E-state index is 12.2. The highest BCUT2D eigenvalue weighted by molar-refractivity contribution is 6.12. The number of rotatable bonds is 7. The number of carbonyl (C=O) groups excluding carboxylic acids is 1. The molecule has 0 fully saturated rings. The second-order valence-electron chi connectivity index (χ2n) is 5.57. The number of ether oxygens (including phenoxy) is 4. The molecule has 0 saturated carbocycles. The van der Waals surface area contributed by atoms with E-state index in [0.717, 1.165) is 5.56 Å². The maximum Gasteiger partial charge on any atom is 0.363 e. The van der Waals surface area contributed by atoms with E-state index in [1.165, 1.54) is 0 Å². The fourth-order valence-corrected chi connectivity index (χ4v) is 2.47. The highest BCUT2D eigenvalue weighted by atomic mass is 16.6. The Morgan fingerprint density at radius 3 is 2.52 bits per heavy atom. The second-order valence-corrected chi connectivity index (χ2v) is 5.57. The first-order valence-electron chi connectivity index (χ1n) is 8.23. The molecule has 0 radical (unpaired) electrons. The van der Waals surface area contributed by atoms with Gasteiger partial charge in [0.15, 0.2) is 17.2 Å². The molecule has 1 aliphatic rings. The van der Waals surface area contributed by atoms with Crippen LogP contribution in [-0.4, -0.2) is 32.7 Å². The molecule has 0 aromatic heterocycles. The molecule has 0 aliphatic carbocycles. The van der Waals surface area contributed by atoms with Gasteiger partial charge in [0.2, 0.25) is 5.90 Å². The van der Waals surface area contributed by atoms with Crippen molar-refractivity contribution >= 4 is 17.9 Å². The van der Waals surface area contributed by atoms with E-state index < -0.39 is 5.97 Å². The molecule has 1 aliphatic heterocycles. The summed E-state index contributed by atoms with van der Waals surface area (Å²) in [6.45, 7) is 3.99. The van der Waals surface area contributed by atoms with Gasteiger partial charge in [-0.3, -0.25) is 0 Å². The van der Waals surface area contributed by atoms with Crippen LogP contribution in [0.25, 0.3) is 6.08 Å². The molecule has 0 bridgehead atoms. The molecule has 0 amide bonds. The number of hydrogen-bond donors (Lipinski definition) is 0. The molecular weight excluding hydrogens is 346 g/mol. The normalized spacial score (nSPS) is 14.5. The van der Waals surface area contributed by atoms with Gasteiger partial charge < -0.3 is 18.9 Å². The molecule has 0 N–H and O–H groups in total. The summed E-state index contributed by atoms with van der Waals surface area (Å²) in [5.41, 5.74) is 1.64. The van der Waals surface area contributed by atoms with Crippen LogP contribution in [0.15, 0.2) is 65.8 Å². The van der Waals surface area contributed by atoms with Gasteiger partial charge in [0.25, 0.3) is 0 Å². The summed E-state index contributed by atoms with van der Waals surface area (Å²) < 4.78 is 21.3. The fraction of sp³-hybridized carbons (Fsp3) is 0.143. The average Bonchev–Trinajstić information content (AvgIpc) is 3.07. The standard InChI is InChI=1S/C21H19NO5/c1-4-11-26-18-10-5-14(13-19(18)25-3)12-17-21(23)27-20(22-17)15-6-8-16(24-2)9-7-15/h4-10,12-13H,1,11H2,2-3H3/b17-12-. The number of nitrogens with zero attached hydrogens (tertiary/aromatic N) is 1. The number of esters is 1. The van der Waals surface area contributed by atoms with Crippen molar-refractivity contribution in [1.29, 1.82) is 0 Å². The molecule has 1 heterocycles. The first kappa shape index (κ1) is 18.3. The number of cyclic esters (lactones) is 1. The Balaban J connectivity index is 1.86. The maximum absolute atomic E-state index is 12.2. The van der Waals surface area contributed by atoms with Crippen LogP contribution in [0, 0.1) is 0 Å². The summed E-state index contributed by atoms with van der Waals surface area (Å²) in [7, 11) is 3.14. The van der Waals surface area contributed by atoms with Gasteiger partial charge in [-0.15, -0.1) is 0 Å². The Kier molecular flexibility index (Phi) is 5.56. The highest BCUT2D eigenvalue weighted by Gasteiger charge is 2.24. The Morgan fingerprint density at radius 1 is 1.07 bits per heavy atom. The smallest absolute Gasteiger partial charge is 0.363 e. The van der Waals surface area contributed by atoms with Crippen LogP contribution in [0.5, 0.6) is 17.2 Å². The summed E-state index contributed by atoms with van der Waals surface area (Å²) in [5, 5.41) is 0. The van der Waals surface area contributed by atoms with E-state index in [1.807, 2.05) is 6.07 Å². The van der Waals surface area contributed by atoms with Crippen LogP contribution in [0.4, 0.5) is 0 Å². The minimum absolute atomic E-state index is 0.211. The summed E-state index contributed by atoms with van der Waals surface area (Å²) in [6.07, 6.45) is 3.29. The van der Waals surface area contributed by atoms with Crippen LogP contribution in [-0.2, 0) is 9.53 Å². The third kappa shape index (κ3) is 4.17. The van der Waals surface area contributed by atoms with E-state index in [2.05, 4.69) is 11.6 Å². The Bertz CT molecular complexity index is 913. The number of hydrogen-bond acceptors (Lipinski definition) is 6. The van der Waals surface area contributed by atoms with Crippen LogP contribution in [0.3, 0.4) is 0 Å². The molecule has 2 aromatic carbocycles. The molecule has 2 aromatic rings. The van der Waals surface area contributed by atoms with Crippen LogP contribution >= 0.6 is 0 Å².